The van der Waals surface area contributed by atoms with Gasteiger partial charge in [0.05, 0.1) is 12.0 Å². The van der Waals surface area contributed by atoms with Gasteiger partial charge in [-0.2, -0.15) is 0 Å². The van der Waals surface area contributed by atoms with Gasteiger partial charge in [0.25, 0.3) is 0 Å². The molecule has 6 heteroatoms. The number of nitrogens with zero attached hydrogens (tertiary/aromatic N) is 3. The summed E-state index contributed by atoms with van der Waals surface area (Å²) in [4.78, 5) is 20.8. The summed E-state index contributed by atoms with van der Waals surface area (Å²) in [7, 11) is 0. The Labute approximate surface area is 162 Å². The second-order valence-corrected chi connectivity index (χ2v) is 6.37. The van der Waals surface area contributed by atoms with Crippen LogP contribution in [0.5, 0.6) is 0 Å². The maximum Gasteiger partial charge on any atom is 0.239 e. The number of hydrogen-bond donors (Lipinski definition) is 1. The third kappa shape index (κ3) is 3.81. The number of hydrogen-bond acceptors (Lipinski definition) is 5. The molecular formula is C22H18N4O2. The van der Waals surface area contributed by atoms with Crippen molar-refractivity contribution in [3.63, 3.8) is 0 Å². The zero-order valence-corrected chi connectivity index (χ0v) is 15.3. The molecule has 0 unspecified atom stereocenters. The minimum Gasteiger partial charge on any atom is -0.337 e. The molecule has 0 aliphatic heterocycles. The highest BCUT2D eigenvalue weighted by molar-refractivity contribution is 5.97. The molecule has 0 saturated heterocycles. The first-order valence-corrected chi connectivity index (χ1v) is 8.87. The quantitative estimate of drug-likeness (QED) is 0.567. The Morgan fingerprint density at radius 3 is 2.50 bits per heavy atom. The fraction of sp³-hybridized carbons (Fsp3) is 0.0909. The summed E-state index contributed by atoms with van der Waals surface area (Å²) >= 11 is 0. The third-order valence-electron chi connectivity index (χ3n) is 4.29. The first kappa shape index (κ1) is 17.6. The van der Waals surface area contributed by atoms with Crippen LogP contribution in [0.15, 0.2) is 77.7 Å². The van der Waals surface area contributed by atoms with E-state index in [1.54, 1.807) is 18.6 Å². The molecule has 1 N–H and O–H groups in total. The van der Waals surface area contributed by atoms with Crippen LogP contribution in [0.3, 0.4) is 0 Å². The van der Waals surface area contributed by atoms with Gasteiger partial charge >= 0.3 is 0 Å². The molecule has 4 aromatic rings. The largest absolute Gasteiger partial charge is 0.337 e. The number of amides is 1. The van der Waals surface area contributed by atoms with Crippen LogP contribution in [-0.2, 0) is 11.2 Å². The lowest BCUT2D eigenvalue weighted by Gasteiger charge is -2.07. The number of aryl methyl sites for hydroxylation is 1. The molecular weight excluding hydrogens is 352 g/mol. The summed E-state index contributed by atoms with van der Waals surface area (Å²) in [6.45, 7) is 1.91. The van der Waals surface area contributed by atoms with E-state index in [1.807, 2.05) is 61.5 Å². The Hall–Kier alpha value is -3.80. The maximum absolute atomic E-state index is 12.5. The SMILES string of the molecule is Cc1cc(-c2noc(NC(=O)Cc3ccccc3)c2-c2ccncc2)ccn1. The van der Waals surface area contributed by atoms with E-state index in [1.165, 1.54) is 0 Å². The lowest BCUT2D eigenvalue weighted by Crippen LogP contribution is -2.14. The van der Waals surface area contributed by atoms with Crippen molar-refractivity contribution in [2.24, 2.45) is 0 Å². The minimum atomic E-state index is -0.171. The second kappa shape index (κ2) is 7.84. The highest BCUT2D eigenvalue weighted by atomic mass is 16.5. The molecule has 0 spiro atoms. The van der Waals surface area contributed by atoms with Crippen LogP contribution in [0.2, 0.25) is 0 Å². The van der Waals surface area contributed by atoms with Gasteiger partial charge in [-0.15, -0.1) is 0 Å². The van der Waals surface area contributed by atoms with Gasteiger partial charge in [0.2, 0.25) is 11.8 Å². The van der Waals surface area contributed by atoms with Crippen molar-refractivity contribution in [2.75, 3.05) is 5.32 Å². The van der Waals surface area contributed by atoms with E-state index in [0.29, 0.717) is 11.6 Å². The Kier molecular flexibility index (Phi) is 4.93. The van der Waals surface area contributed by atoms with Crippen molar-refractivity contribution in [3.05, 3.63) is 84.4 Å². The van der Waals surface area contributed by atoms with E-state index in [0.717, 1.165) is 27.9 Å². The molecule has 0 aliphatic rings. The molecule has 28 heavy (non-hydrogen) atoms. The van der Waals surface area contributed by atoms with E-state index >= 15 is 0 Å². The van der Waals surface area contributed by atoms with E-state index in [9.17, 15) is 4.79 Å². The molecule has 138 valence electrons. The van der Waals surface area contributed by atoms with Gasteiger partial charge in [0, 0.05) is 29.8 Å². The smallest absolute Gasteiger partial charge is 0.239 e. The van der Waals surface area contributed by atoms with Crippen LogP contribution in [0.1, 0.15) is 11.3 Å². The van der Waals surface area contributed by atoms with Gasteiger partial charge in [0.1, 0.15) is 5.69 Å². The standard InChI is InChI=1S/C22H18N4O2/c1-15-13-18(9-12-24-15)21-20(17-7-10-23-11-8-17)22(28-26-21)25-19(27)14-16-5-3-2-4-6-16/h2-13H,14H2,1H3,(H,25,27). The van der Waals surface area contributed by atoms with Gasteiger partial charge < -0.3 is 4.52 Å². The van der Waals surface area contributed by atoms with Gasteiger partial charge in [-0.3, -0.25) is 20.1 Å². The average molecular weight is 370 g/mol. The number of nitrogens with one attached hydrogen (secondary N) is 1. The Morgan fingerprint density at radius 1 is 1.00 bits per heavy atom. The zero-order valence-electron chi connectivity index (χ0n) is 15.3. The summed E-state index contributed by atoms with van der Waals surface area (Å²) in [5.41, 5.74) is 4.88. The van der Waals surface area contributed by atoms with Gasteiger partial charge in [-0.1, -0.05) is 35.5 Å². The molecule has 4 rings (SSSR count). The van der Waals surface area contributed by atoms with Crippen LogP contribution in [0.4, 0.5) is 5.88 Å². The number of benzene rings is 1. The zero-order chi connectivity index (χ0) is 19.3. The van der Waals surface area contributed by atoms with E-state index < -0.39 is 0 Å². The number of carbonyl (C=O) groups is 1. The lowest BCUT2D eigenvalue weighted by atomic mass is 10.0. The summed E-state index contributed by atoms with van der Waals surface area (Å²) in [6.07, 6.45) is 5.36. The first-order valence-electron chi connectivity index (χ1n) is 8.87. The molecule has 3 heterocycles. The van der Waals surface area contributed by atoms with Crippen LogP contribution >= 0.6 is 0 Å². The predicted octanol–water partition coefficient (Wildman–Crippen LogP) is 4.29. The molecule has 1 aromatic carbocycles. The number of aromatic nitrogens is 3. The molecule has 0 radical (unpaired) electrons. The van der Waals surface area contributed by atoms with Crippen LogP contribution in [0, 0.1) is 6.92 Å². The molecule has 1 amide bonds. The summed E-state index contributed by atoms with van der Waals surface area (Å²) in [6, 6.07) is 17.1. The lowest BCUT2D eigenvalue weighted by molar-refractivity contribution is -0.115. The van der Waals surface area contributed by atoms with Crippen LogP contribution < -0.4 is 5.32 Å². The summed E-state index contributed by atoms with van der Waals surface area (Å²) in [5, 5.41) is 7.08. The number of anilines is 1. The van der Waals surface area contributed by atoms with Crippen molar-refractivity contribution >= 4 is 11.8 Å². The number of pyridine rings is 2. The first-order chi connectivity index (χ1) is 13.7. The van der Waals surface area contributed by atoms with Crippen molar-refractivity contribution < 1.29 is 9.32 Å². The van der Waals surface area contributed by atoms with Crippen molar-refractivity contribution in [1.82, 2.24) is 15.1 Å². The minimum absolute atomic E-state index is 0.171. The third-order valence-corrected chi connectivity index (χ3v) is 4.29. The number of carbonyl (C=O) groups excluding carboxylic acids is 1. The summed E-state index contributed by atoms with van der Waals surface area (Å²) in [5.74, 6) is 0.145. The van der Waals surface area contributed by atoms with Gasteiger partial charge in [0.15, 0.2) is 0 Å². The molecule has 0 atom stereocenters. The van der Waals surface area contributed by atoms with Gasteiger partial charge in [-0.05, 0) is 42.3 Å². The molecule has 6 nitrogen and oxygen atoms in total. The fourth-order valence-electron chi connectivity index (χ4n) is 3.00. The van der Waals surface area contributed by atoms with Crippen molar-refractivity contribution in [1.29, 1.82) is 0 Å². The highest BCUT2D eigenvalue weighted by Gasteiger charge is 2.21. The van der Waals surface area contributed by atoms with Crippen LogP contribution in [-0.4, -0.2) is 21.0 Å². The Morgan fingerprint density at radius 2 is 1.75 bits per heavy atom. The molecule has 0 bridgehead atoms. The van der Waals surface area contributed by atoms with E-state index in [4.69, 9.17) is 4.52 Å². The molecule has 0 saturated carbocycles. The molecule has 0 aliphatic carbocycles. The van der Waals surface area contributed by atoms with E-state index in [-0.39, 0.29) is 12.3 Å². The van der Waals surface area contributed by atoms with Crippen molar-refractivity contribution in [2.45, 2.75) is 13.3 Å². The molecule has 3 aromatic heterocycles. The normalized spacial score (nSPS) is 10.6. The van der Waals surface area contributed by atoms with E-state index in [2.05, 4.69) is 20.4 Å². The Balaban J connectivity index is 1.70. The fourth-order valence-corrected chi connectivity index (χ4v) is 3.00. The monoisotopic (exact) mass is 370 g/mol. The highest BCUT2D eigenvalue weighted by Crippen LogP contribution is 2.37. The summed E-state index contributed by atoms with van der Waals surface area (Å²) < 4.78 is 5.53. The van der Waals surface area contributed by atoms with Gasteiger partial charge in [-0.25, -0.2) is 0 Å². The maximum atomic E-state index is 12.5. The van der Waals surface area contributed by atoms with Crippen LogP contribution in [0.25, 0.3) is 22.4 Å². The predicted molar refractivity (Wildman–Crippen MR) is 106 cm³/mol. The Bertz CT molecular complexity index is 1090. The van der Waals surface area contributed by atoms with Crippen molar-refractivity contribution in [3.8, 4) is 22.4 Å². The number of rotatable bonds is 5. The average Bonchev–Trinajstić information content (AvgIpc) is 3.13. The molecule has 0 fully saturated rings. The topological polar surface area (TPSA) is 80.9 Å². The second-order valence-electron chi connectivity index (χ2n) is 6.37.